The van der Waals surface area contributed by atoms with Crippen LogP contribution in [-0.2, 0) is 0 Å². The molecule has 1 aromatic carbocycles. The van der Waals surface area contributed by atoms with E-state index >= 15 is 0 Å². The van der Waals surface area contributed by atoms with E-state index in [4.69, 9.17) is 10.5 Å². The second-order valence-corrected chi connectivity index (χ2v) is 4.82. The molecule has 0 bridgehead atoms. The lowest BCUT2D eigenvalue weighted by molar-refractivity contribution is 0.0768. The van der Waals surface area contributed by atoms with Crippen molar-refractivity contribution in [1.82, 2.24) is 9.88 Å². The Morgan fingerprint density at radius 2 is 2.00 bits per heavy atom. The summed E-state index contributed by atoms with van der Waals surface area (Å²) in [5, 5.41) is 0. The zero-order valence-electron chi connectivity index (χ0n) is 12.7. The molecule has 0 fully saturated rings. The SMILES string of the molecule is Cc1ccccc1OCCN(C)C(=O)c1ccc(N)cn1.Cl. The monoisotopic (exact) mass is 321 g/mol. The Morgan fingerprint density at radius 3 is 2.64 bits per heavy atom. The highest BCUT2D eigenvalue weighted by Gasteiger charge is 2.12. The average Bonchev–Trinajstić information content (AvgIpc) is 2.49. The fraction of sp³-hybridized carbons (Fsp3) is 0.250. The number of nitrogens with zero attached hydrogens (tertiary/aromatic N) is 2. The van der Waals surface area contributed by atoms with Crippen LogP contribution in [0.1, 0.15) is 16.1 Å². The number of aromatic nitrogens is 1. The fourth-order valence-electron chi connectivity index (χ4n) is 1.84. The molecule has 5 nitrogen and oxygen atoms in total. The van der Waals surface area contributed by atoms with Crippen molar-refractivity contribution in [3.8, 4) is 5.75 Å². The molecule has 0 spiro atoms. The van der Waals surface area contributed by atoms with Crippen LogP contribution in [0.2, 0.25) is 0 Å². The van der Waals surface area contributed by atoms with E-state index in [0.717, 1.165) is 11.3 Å². The summed E-state index contributed by atoms with van der Waals surface area (Å²) in [6.45, 7) is 2.91. The Balaban J connectivity index is 0.00000242. The van der Waals surface area contributed by atoms with E-state index in [1.165, 1.54) is 6.20 Å². The van der Waals surface area contributed by atoms with Gasteiger partial charge in [0.15, 0.2) is 0 Å². The van der Waals surface area contributed by atoms with Gasteiger partial charge in [-0.15, -0.1) is 12.4 Å². The molecule has 0 aliphatic carbocycles. The molecule has 118 valence electrons. The number of pyridine rings is 1. The van der Waals surface area contributed by atoms with Crippen LogP contribution in [0, 0.1) is 6.92 Å². The summed E-state index contributed by atoms with van der Waals surface area (Å²) in [5.74, 6) is 0.687. The van der Waals surface area contributed by atoms with Crippen LogP contribution in [0.5, 0.6) is 5.75 Å². The first kappa shape index (κ1) is 17.8. The Hall–Kier alpha value is -2.27. The molecule has 2 N–H and O–H groups in total. The van der Waals surface area contributed by atoms with E-state index in [1.54, 1.807) is 24.1 Å². The third-order valence-corrected chi connectivity index (χ3v) is 3.13. The van der Waals surface area contributed by atoms with Gasteiger partial charge in [0.25, 0.3) is 5.91 Å². The first-order valence-electron chi connectivity index (χ1n) is 6.73. The molecule has 0 radical (unpaired) electrons. The number of hydrogen-bond donors (Lipinski definition) is 1. The highest BCUT2D eigenvalue weighted by molar-refractivity contribution is 5.92. The van der Waals surface area contributed by atoms with Gasteiger partial charge in [0.05, 0.1) is 18.4 Å². The summed E-state index contributed by atoms with van der Waals surface area (Å²) in [4.78, 5) is 17.7. The average molecular weight is 322 g/mol. The second kappa shape index (κ2) is 8.24. The van der Waals surface area contributed by atoms with Crippen LogP contribution < -0.4 is 10.5 Å². The van der Waals surface area contributed by atoms with E-state index in [0.29, 0.717) is 24.5 Å². The normalized spacial score (nSPS) is 9.73. The number of amides is 1. The lowest BCUT2D eigenvalue weighted by Gasteiger charge is -2.17. The molecule has 0 atom stereocenters. The maximum absolute atomic E-state index is 12.1. The van der Waals surface area contributed by atoms with Crippen molar-refractivity contribution in [2.45, 2.75) is 6.92 Å². The topological polar surface area (TPSA) is 68.5 Å². The minimum Gasteiger partial charge on any atom is -0.491 e. The molecule has 0 unspecified atom stereocenters. The van der Waals surface area contributed by atoms with E-state index in [9.17, 15) is 4.79 Å². The lowest BCUT2D eigenvalue weighted by Crippen LogP contribution is -2.31. The molecule has 2 aromatic rings. The molecule has 0 aliphatic heterocycles. The summed E-state index contributed by atoms with van der Waals surface area (Å²) in [6, 6.07) is 11.1. The highest BCUT2D eigenvalue weighted by atomic mass is 35.5. The molecule has 1 amide bonds. The molecule has 0 saturated carbocycles. The van der Waals surface area contributed by atoms with Crippen LogP contribution >= 0.6 is 12.4 Å². The Labute approximate surface area is 136 Å². The standard InChI is InChI=1S/C16H19N3O2.ClH/c1-12-5-3-4-6-15(12)21-10-9-19(2)16(20)14-8-7-13(17)11-18-14;/h3-8,11H,9-10,17H2,1-2H3;1H. The molecule has 2 rings (SSSR count). The summed E-state index contributed by atoms with van der Waals surface area (Å²) in [5.41, 5.74) is 7.55. The summed E-state index contributed by atoms with van der Waals surface area (Å²) >= 11 is 0. The van der Waals surface area contributed by atoms with Crippen molar-refractivity contribution in [3.63, 3.8) is 0 Å². The van der Waals surface area contributed by atoms with E-state index in [-0.39, 0.29) is 18.3 Å². The predicted molar refractivity (Wildman–Crippen MR) is 89.5 cm³/mol. The van der Waals surface area contributed by atoms with Gasteiger partial charge in [0.1, 0.15) is 18.1 Å². The number of rotatable bonds is 5. The van der Waals surface area contributed by atoms with E-state index < -0.39 is 0 Å². The number of hydrogen-bond acceptors (Lipinski definition) is 4. The van der Waals surface area contributed by atoms with Gasteiger partial charge in [-0.05, 0) is 30.7 Å². The highest BCUT2D eigenvalue weighted by Crippen LogP contribution is 2.15. The van der Waals surface area contributed by atoms with Crippen LogP contribution in [0.15, 0.2) is 42.6 Å². The second-order valence-electron chi connectivity index (χ2n) is 4.82. The van der Waals surface area contributed by atoms with Crippen LogP contribution in [0.25, 0.3) is 0 Å². The maximum atomic E-state index is 12.1. The minimum atomic E-state index is -0.150. The Kier molecular flexibility index (Phi) is 6.66. The quantitative estimate of drug-likeness (QED) is 0.919. The number of aryl methyl sites for hydroxylation is 1. The number of carbonyl (C=O) groups is 1. The van der Waals surface area contributed by atoms with Crippen molar-refractivity contribution >= 4 is 24.0 Å². The Bertz CT molecular complexity index is 617. The lowest BCUT2D eigenvalue weighted by atomic mass is 10.2. The first-order valence-corrected chi connectivity index (χ1v) is 6.73. The summed E-state index contributed by atoms with van der Waals surface area (Å²) < 4.78 is 5.68. The van der Waals surface area contributed by atoms with Gasteiger partial charge in [0.2, 0.25) is 0 Å². The van der Waals surface area contributed by atoms with E-state index in [1.807, 2.05) is 31.2 Å². The fourth-order valence-corrected chi connectivity index (χ4v) is 1.84. The maximum Gasteiger partial charge on any atom is 0.272 e. The first-order chi connectivity index (χ1) is 10.1. The van der Waals surface area contributed by atoms with Gasteiger partial charge in [-0.25, -0.2) is 4.98 Å². The molecule has 1 aromatic heterocycles. The number of para-hydroxylation sites is 1. The number of halogens is 1. The van der Waals surface area contributed by atoms with Gasteiger partial charge in [-0.2, -0.15) is 0 Å². The largest absolute Gasteiger partial charge is 0.491 e. The van der Waals surface area contributed by atoms with Gasteiger partial charge in [-0.3, -0.25) is 4.79 Å². The predicted octanol–water partition coefficient (Wildman–Crippen LogP) is 2.55. The van der Waals surface area contributed by atoms with Crippen LogP contribution in [0.3, 0.4) is 0 Å². The van der Waals surface area contributed by atoms with Crippen LogP contribution in [-0.4, -0.2) is 36.0 Å². The van der Waals surface area contributed by atoms with Crippen molar-refractivity contribution in [1.29, 1.82) is 0 Å². The molecular formula is C16H20ClN3O2. The van der Waals surface area contributed by atoms with Gasteiger partial charge < -0.3 is 15.4 Å². The zero-order valence-corrected chi connectivity index (χ0v) is 13.5. The minimum absolute atomic E-state index is 0. The molecule has 0 saturated heterocycles. The molecule has 1 heterocycles. The molecule has 6 heteroatoms. The summed E-state index contributed by atoms with van der Waals surface area (Å²) in [6.07, 6.45) is 1.48. The Morgan fingerprint density at radius 1 is 1.27 bits per heavy atom. The molecule has 0 aliphatic rings. The van der Waals surface area contributed by atoms with Crippen LogP contribution in [0.4, 0.5) is 5.69 Å². The van der Waals surface area contributed by atoms with Crippen molar-refractivity contribution < 1.29 is 9.53 Å². The van der Waals surface area contributed by atoms with Crippen molar-refractivity contribution in [2.24, 2.45) is 0 Å². The van der Waals surface area contributed by atoms with Gasteiger partial charge in [0, 0.05) is 7.05 Å². The van der Waals surface area contributed by atoms with Gasteiger partial charge in [-0.1, -0.05) is 18.2 Å². The number of nitrogens with two attached hydrogens (primary N) is 1. The molecular weight excluding hydrogens is 302 g/mol. The zero-order chi connectivity index (χ0) is 15.2. The summed E-state index contributed by atoms with van der Waals surface area (Å²) in [7, 11) is 1.72. The number of carbonyl (C=O) groups excluding carboxylic acids is 1. The number of likely N-dealkylation sites (N-methyl/N-ethyl adjacent to an activating group) is 1. The number of anilines is 1. The van der Waals surface area contributed by atoms with Gasteiger partial charge >= 0.3 is 0 Å². The third kappa shape index (κ3) is 4.63. The number of benzene rings is 1. The third-order valence-electron chi connectivity index (χ3n) is 3.13. The van der Waals surface area contributed by atoms with Crippen molar-refractivity contribution in [2.75, 3.05) is 25.9 Å². The number of ether oxygens (including phenoxy) is 1. The molecule has 22 heavy (non-hydrogen) atoms. The van der Waals surface area contributed by atoms with E-state index in [2.05, 4.69) is 4.98 Å². The number of nitrogen functional groups attached to an aromatic ring is 1. The van der Waals surface area contributed by atoms with Crippen molar-refractivity contribution in [3.05, 3.63) is 53.9 Å². The smallest absolute Gasteiger partial charge is 0.272 e.